The van der Waals surface area contributed by atoms with E-state index in [-0.39, 0.29) is 5.54 Å². The minimum atomic E-state index is 0.0281. The molecular formula is C15H28N2O. The Kier molecular flexibility index (Phi) is 3.65. The number of rotatable bonds is 3. The van der Waals surface area contributed by atoms with E-state index in [2.05, 4.69) is 17.3 Å². The van der Waals surface area contributed by atoms with Gasteiger partial charge < -0.3 is 15.3 Å². The molecule has 1 aliphatic carbocycles. The number of hydrogen-bond donors (Lipinski definition) is 2. The number of aliphatic hydroxyl groups is 1. The lowest BCUT2D eigenvalue weighted by Crippen LogP contribution is -2.61. The number of piperidine rings is 1. The second-order valence-corrected chi connectivity index (χ2v) is 6.88. The summed E-state index contributed by atoms with van der Waals surface area (Å²) in [6.45, 7) is 0.324. The van der Waals surface area contributed by atoms with Crippen LogP contribution in [0.5, 0.6) is 0 Å². The monoisotopic (exact) mass is 252 g/mol. The zero-order valence-electron chi connectivity index (χ0n) is 11.7. The highest BCUT2D eigenvalue weighted by Crippen LogP contribution is 2.40. The summed E-state index contributed by atoms with van der Waals surface area (Å²) in [6.07, 6.45) is 11.7. The van der Waals surface area contributed by atoms with Crippen molar-refractivity contribution in [1.29, 1.82) is 0 Å². The average Bonchev–Trinajstić information content (AvgIpc) is 2.64. The first-order chi connectivity index (χ1) is 8.72. The van der Waals surface area contributed by atoms with Gasteiger partial charge in [-0.15, -0.1) is 0 Å². The molecule has 0 aromatic heterocycles. The zero-order valence-corrected chi connectivity index (χ0v) is 11.7. The molecule has 0 aromatic rings. The Bertz CT molecular complexity index is 274. The fourth-order valence-electron chi connectivity index (χ4n) is 4.54. The van der Waals surface area contributed by atoms with Crippen LogP contribution in [-0.4, -0.2) is 47.3 Å². The van der Waals surface area contributed by atoms with Gasteiger partial charge in [-0.05, 0) is 45.6 Å². The molecule has 2 heterocycles. The molecule has 0 radical (unpaired) electrons. The van der Waals surface area contributed by atoms with Gasteiger partial charge in [0.05, 0.1) is 6.61 Å². The Hall–Kier alpha value is -0.120. The highest BCUT2D eigenvalue weighted by molar-refractivity contribution is 5.05. The lowest BCUT2D eigenvalue weighted by molar-refractivity contribution is 0.0364. The van der Waals surface area contributed by atoms with Gasteiger partial charge in [0.25, 0.3) is 0 Å². The van der Waals surface area contributed by atoms with E-state index < -0.39 is 0 Å². The molecule has 3 aliphatic rings. The SMILES string of the molecule is CN1C2CCC1CC(CO)(NC1CCCCC1)C2. The molecule has 0 amide bonds. The fourth-order valence-corrected chi connectivity index (χ4v) is 4.54. The van der Waals surface area contributed by atoms with Gasteiger partial charge >= 0.3 is 0 Å². The average molecular weight is 252 g/mol. The largest absolute Gasteiger partial charge is 0.394 e. The molecule has 1 saturated carbocycles. The minimum absolute atomic E-state index is 0.0281. The Morgan fingerprint density at radius 1 is 1.06 bits per heavy atom. The first-order valence-electron chi connectivity index (χ1n) is 7.83. The molecule has 2 bridgehead atoms. The van der Waals surface area contributed by atoms with E-state index in [9.17, 15) is 5.11 Å². The highest BCUT2D eigenvalue weighted by Gasteiger charge is 2.47. The Morgan fingerprint density at radius 3 is 2.22 bits per heavy atom. The maximum atomic E-state index is 9.94. The third-order valence-electron chi connectivity index (χ3n) is 5.66. The Morgan fingerprint density at radius 2 is 1.67 bits per heavy atom. The van der Waals surface area contributed by atoms with Gasteiger partial charge in [-0.2, -0.15) is 0 Å². The molecule has 3 fully saturated rings. The van der Waals surface area contributed by atoms with Gasteiger partial charge in [0, 0.05) is 23.7 Å². The normalized spacial score (nSPS) is 42.3. The molecule has 0 spiro atoms. The van der Waals surface area contributed by atoms with Crippen molar-refractivity contribution in [2.24, 2.45) is 0 Å². The summed E-state index contributed by atoms with van der Waals surface area (Å²) in [5.41, 5.74) is 0.0281. The van der Waals surface area contributed by atoms with Crippen molar-refractivity contribution in [3.63, 3.8) is 0 Å². The van der Waals surface area contributed by atoms with Gasteiger partial charge in [0.1, 0.15) is 0 Å². The van der Waals surface area contributed by atoms with Crippen LogP contribution >= 0.6 is 0 Å². The lowest BCUT2D eigenvalue weighted by Gasteiger charge is -2.47. The van der Waals surface area contributed by atoms with Gasteiger partial charge in [-0.1, -0.05) is 19.3 Å². The van der Waals surface area contributed by atoms with Crippen LogP contribution in [0.1, 0.15) is 57.8 Å². The van der Waals surface area contributed by atoms with E-state index in [1.807, 2.05) is 0 Å². The van der Waals surface area contributed by atoms with E-state index in [4.69, 9.17) is 0 Å². The minimum Gasteiger partial charge on any atom is -0.394 e. The molecule has 18 heavy (non-hydrogen) atoms. The first kappa shape index (κ1) is 12.9. The van der Waals surface area contributed by atoms with Crippen molar-refractivity contribution in [3.05, 3.63) is 0 Å². The van der Waals surface area contributed by atoms with Crippen LogP contribution in [0.15, 0.2) is 0 Å². The number of nitrogens with one attached hydrogen (secondary N) is 1. The van der Waals surface area contributed by atoms with Crippen molar-refractivity contribution in [2.45, 2.75) is 81.5 Å². The second kappa shape index (κ2) is 5.10. The summed E-state index contributed by atoms with van der Waals surface area (Å²) >= 11 is 0. The molecule has 3 rings (SSSR count). The van der Waals surface area contributed by atoms with Crippen LogP contribution in [0.25, 0.3) is 0 Å². The molecule has 0 aromatic carbocycles. The molecule has 3 nitrogen and oxygen atoms in total. The van der Waals surface area contributed by atoms with Crippen LogP contribution in [0.3, 0.4) is 0 Å². The lowest BCUT2D eigenvalue weighted by atomic mass is 9.81. The van der Waals surface area contributed by atoms with Gasteiger partial charge in [-0.3, -0.25) is 0 Å². The van der Waals surface area contributed by atoms with Crippen molar-refractivity contribution < 1.29 is 5.11 Å². The van der Waals surface area contributed by atoms with E-state index in [0.29, 0.717) is 24.7 Å². The topological polar surface area (TPSA) is 35.5 Å². The number of fused-ring (bicyclic) bond motifs is 2. The van der Waals surface area contributed by atoms with Crippen LogP contribution in [0, 0.1) is 0 Å². The molecule has 2 atom stereocenters. The van der Waals surface area contributed by atoms with Gasteiger partial charge in [-0.25, -0.2) is 0 Å². The van der Waals surface area contributed by atoms with Crippen LogP contribution < -0.4 is 5.32 Å². The summed E-state index contributed by atoms with van der Waals surface area (Å²) in [5.74, 6) is 0. The summed E-state index contributed by atoms with van der Waals surface area (Å²) in [7, 11) is 2.27. The van der Waals surface area contributed by atoms with Crippen LogP contribution in [-0.2, 0) is 0 Å². The highest BCUT2D eigenvalue weighted by atomic mass is 16.3. The second-order valence-electron chi connectivity index (χ2n) is 6.88. The maximum Gasteiger partial charge on any atom is 0.0614 e. The molecule has 3 heteroatoms. The van der Waals surface area contributed by atoms with Crippen molar-refractivity contribution in [3.8, 4) is 0 Å². The predicted octanol–water partition coefficient (Wildman–Crippen LogP) is 1.90. The number of nitrogens with zero attached hydrogens (tertiary/aromatic N) is 1. The predicted molar refractivity (Wildman–Crippen MR) is 73.6 cm³/mol. The van der Waals surface area contributed by atoms with Gasteiger partial charge in [0.15, 0.2) is 0 Å². The maximum absolute atomic E-state index is 9.94. The van der Waals surface area contributed by atoms with E-state index in [1.165, 1.54) is 44.9 Å². The van der Waals surface area contributed by atoms with E-state index >= 15 is 0 Å². The molecule has 2 unspecified atom stereocenters. The molecular weight excluding hydrogens is 224 g/mol. The number of aliphatic hydroxyl groups excluding tert-OH is 1. The molecule has 2 N–H and O–H groups in total. The molecule has 2 saturated heterocycles. The summed E-state index contributed by atoms with van der Waals surface area (Å²) in [6, 6.07) is 2.06. The van der Waals surface area contributed by atoms with Crippen LogP contribution in [0.2, 0.25) is 0 Å². The first-order valence-corrected chi connectivity index (χ1v) is 7.83. The Labute approximate surface area is 111 Å². The third kappa shape index (κ3) is 2.33. The number of hydrogen-bond acceptors (Lipinski definition) is 3. The zero-order chi connectivity index (χ0) is 12.6. The standard InChI is InChI=1S/C15H28N2O/c1-17-13-7-8-14(17)10-15(9-13,11-18)16-12-5-3-2-4-6-12/h12-14,16,18H,2-11H2,1H3. The van der Waals surface area contributed by atoms with Crippen LogP contribution in [0.4, 0.5) is 0 Å². The molecule has 2 aliphatic heterocycles. The third-order valence-corrected chi connectivity index (χ3v) is 5.66. The molecule has 104 valence electrons. The van der Waals surface area contributed by atoms with E-state index in [1.54, 1.807) is 0 Å². The summed E-state index contributed by atoms with van der Waals surface area (Å²) in [4.78, 5) is 2.55. The van der Waals surface area contributed by atoms with E-state index in [0.717, 1.165) is 12.8 Å². The van der Waals surface area contributed by atoms with Crippen molar-refractivity contribution in [2.75, 3.05) is 13.7 Å². The quantitative estimate of drug-likeness (QED) is 0.805. The smallest absolute Gasteiger partial charge is 0.0614 e. The Balaban J connectivity index is 1.67. The summed E-state index contributed by atoms with van der Waals surface area (Å²) < 4.78 is 0. The fraction of sp³-hybridized carbons (Fsp3) is 1.00. The summed E-state index contributed by atoms with van der Waals surface area (Å²) in [5, 5.41) is 13.8. The van der Waals surface area contributed by atoms with Crippen molar-refractivity contribution >= 4 is 0 Å². The van der Waals surface area contributed by atoms with Gasteiger partial charge in [0.2, 0.25) is 0 Å². The van der Waals surface area contributed by atoms with Crippen molar-refractivity contribution in [1.82, 2.24) is 10.2 Å².